The van der Waals surface area contributed by atoms with E-state index in [0.29, 0.717) is 11.0 Å². The SMILES string of the molecule is O=S(=O)(c1ccc2nccnc2c1)N(O)O. The van der Waals surface area contributed by atoms with Crippen molar-refractivity contribution in [3.8, 4) is 0 Å². The van der Waals surface area contributed by atoms with Crippen molar-refractivity contribution in [3.05, 3.63) is 30.6 Å². The molecule has 7 nitrogen and oxygen atoms in total. The van der Waals surface area contributed by atoms with Crippen LogP contribution in [0.3, 0.4) is 0 Å². The maximum atomic E-state index is 11.4. The van der Waals surface area contributed by atoms with Crippen molar-refractivity contribution < 1.29 is 18.8 Å². The maximum Gasteiger partial charge on any atom is 0.288 e. The second kappa shape index (κ2) is 3.76. The zero-order chi connectivity index (χ0) is 11.8. The van der Waals surface area contributed by atoms with E-state index in [1.807, 2.05) is 0 Å². The summed E-state index contributed by atoms with van der Waals surface area (Å²) < 4.78 is 21.9. The Labute approximate surface area is 90.6 Å². The van der Waals surface area contributed by atoms with E-state index in [9.17, 15) is 8.42 Å². The van der Waals surface area contributed by atoms with Gasteiger partial charge in [-0.15, -0.1) is 0 Å². The molecule has 0 aliphatic heterocycles. The van der Waals surface area contributed by atoms with Gasteiger partial charge in [0, 0.05) is 12.4 Å². The van der Waals surface area contributed by atoms with Crippen LogP contribution in [-0.4, -0.2) is 33.4 Å². The van der Waals surface area contributed by atoms with Gasteiger partial charge in [0.25, 0.3) is 10.0 Å². The number of aromatic nitrogens is 2. The van der Waals surface area contributed by atoms with E-state index >= 15 is 0 Å². The highest BCUT2D eigenvalue weighted by Gasteiger charge is 2.21. The second-order valence-electron chi connectivity index (χ2n) is 2.93. The third-order valence-electron chi connectivity index (χ3n) is 1.95. The van der Waals surface area contributed by atoms with Gasteiger partial charge in [0.2, 0.25) is 0 Å². The molecule has 84 valence electrons. The van der Waals surface area contributed by atoms with Gasteiger partial charge in [0.05, 0.1) is 20.6 Å². The van der Waals surface area contributed by atoms with Crippen molar-refractivity contribution in [2.75, 3.05) is 0 Å². The summed E-state index contributed by atoms with van der Waals surface area (Å²) in [7, 11) is -4.29. The molecule has 0 aliphatic rings. The van der Waals surface area contributed by atoms with Gasteiger partial charge in [0.1, 0.15) is 0 Å². The summed E-state index contributed by atoms with van der Waals surface area (Å²) >= 11 is 0. The average molecular weight is 241 g/mol. The van der Waals surface area contributed by atoms with Gasteiger partial charge in [-0.2, -0.15) is 0 Å². The Morgan fingerprint density at radius 2 is 1.69 bits per heavy atom. The fourth-order valence-electron chi connectivity index (χ4n) is 1.20. The molecule has 0 saturated carbocycles. The first-order valence-corrected chi connectivity index (χ1v) is 5.60. The van der Waals surface area contributed by atoms with Crippen LogP contribution < -0.4 is 0 Å². The number of benzene rings is 1. The number of nitrogens with zero attached hydrogens (tertiary/aromatic N) is 3. The van der Waals surface area contributed by atoms with E-state index in [1.165, 1.54) is 30.6 Å². The number of rotatable bonds is 2. The van der Waals surface area contributed by atoms with Crippen LogP contribution >= 0.6 is 0 Å². The predicted molar refractivity (Wildman–Crippen MR) is 52.1 cm³/mol. The molecule has 16 heavy (non-hydrogen) atoms. The largest absolute Gasteiger partial charge is 0.288 e. The van der Waals surface area contributed by atoms with Crippen LogP contribution in [0.25, 0.3) is 11.0 Å². The fourth-order valence-corrected chi connectivity index (χ4v) is 1.89. The number of hydrogen-bond acceptors (Lipinski definition) is 6. The highest BCUT2D eigenvalue weighted by atomic mass is 32.2. The Morgan fingerprint density at radius 3 is 2.31 bits per heavy atom. The molecule has 2 rings (SSSR count). The molecule has 0 unspecified atom stereocenters. The smallest absolute Gasteiger partial charge is 0.276 e. The van der Waals surface area contributed by atoms with Gasteiger partial charge in [0.15, 0.2) is 0 Å². The molecule has 0 amide bonds. The quantitative estimate of drug-likeness (QED) is 0.737. The minimum atomic E-state index is -4.29. The van der Waals surface area contributed by atoms with E-state index in [1.54, 1.807) is 0 Å². The lowest BCUT2D eigenvalue weighted by Gasteiger charge is -2.07. The minimum absolute atomic E-state index is 0.273. The van der Waals surface area contributed by atoms with Crippen molar-refractivity contribution in [3.63, 3.8) is 0 Å². The van der Waals surface area contributed by atoms with Gasteiger partial charge in [-0.05, 0) is 18.2 Å². The van der Waals surface area contributed by atoms with Gasteiger partial charge in [-0.3, -0.25) is 20.4 Å². The van der Waals surface area contributed by atoms with Crippen molar-refractivity contribution in [2.24, 2.45) is 0 Å². The maximum absolute atomic E-state index is 11.4. The van der Waals surface area contributed by atoms with E-state index in [0.717, 1.165) is 0 Å². The summed E-state index contributed by atoms with van der Waals surface area (Å²) in [5, 5.41) is 17.1. The number of sulfonamides is 1. The molecule has 2 aromatic rings. The van der Waals surface area contributed by atoms with Crippen LogP contribution in [0, 0.1) is 0 Å². The molecule has 0 saturated heterocycles. The van der Waals surface area contributed by atoms with Crippen LogP contribution in [0.15, 0.2) is 35.5 Å². The summed E-state index contributed by atoms with van der Waals surface area (Å²) in [5.41, 5.74) is 0.870. The predicted octanol–water partition coefficient (Wildman–Crippen LogP) is 0.399. The van der Waals surface area contributed by atoms with Crippen LogP contribution in [0.4, 0.5) is 0 Å². The van der Waals surface area contributed by atoms with Crippen LogP contribution in [0.1, 0.15) is 0 Å². The molecule has 1 aromatic heterocycles. The van der Waals surface area contributed by atoms with Crippen LogP contribution in [0.2, 0.25) is 0 Å². The molecular weight excluding hydrogens is 234 g/mol. The summed E-state index contributed by atoms with van der Waals surface area (Å²) in [6, 6.07) is 3.85. The Morgan fingerprint density at radius 1 is 1.06 bits per heavy atom. The monoisotopic (exact) mass is 241 g/mol. The zero-order valence-corrected chi connectivity index (χ0v) is 8.66. The normalized spacial score (nSPS) is 12.2. The van der Waals surface area contributed by atoms with Gasteiger partial charge >= 0.3 is 0 Å². The standard InChI is InChI=1S/C8H7N3O4S/c12-11(13)16(14,15)6-1-2-7-8(5-6)10-4-3-9-7/h1-5,12-13H. The third-order valence-corrected chi connectivity index (χ3v) is 3.23. The summed E-state index contributed by atoms with van der Waals surface area (Å²) in [6.07, 6.45) is 2.88. The minimum Gasteiger partial charge on any atom is -0.276 e. The molecule has 0 radical (unpaired) electrons. The Hall–Kier alpha value is -1.61. The van der Waals surface area contributed by atoms with Gasteiger partial charge in [-0.1, -0.05) is 0 Å². The van der Waals surface area contributed by atoms with Crippen molar-refractivity contribution in [2.45, 2.75) is 4.90 Å². The van der Waals surface area contributed by atoms with Crippen molar-refractivity contribution >= 4 is 21.1 Å². The van der Waals surface area contributed by atoms with Gasteiger partial charge < -0.3 is 0 Å². The molecule has 2 N–H and O–H groups in total. The summed E-state index contributed by atoms with van der Waals surface area (Å²) in [5.74, 6) is 0. The number of hydrogen-bond donors (Lipinski definition) is 2. The Balaban J connectivity index is 2.65. The van der Waals surface area contributed by atoms with E-state index < -0.39 is 14.7 Å². The van der Waals surface area contributed by atoms with Crippen molar-refractivity contribution in [1.29, 1.82) is 0 Å². The highest BCUT2D eigenvalue weighted by molar-refractivity contribution is 7.88. The molecule has 0 bridgehead atoms. The Kier molecular flexibility index (Phi) is 2.56. The first-order chi connectivity index (χ1) is 7.51. The lowest BCUT2D eigenvalue weighted by Crippen LogP contribution is -2.23. The fraction of sp³-hybridized carbons (Fsp3) is 0. The molecule has 0 atom stereocenters. The average Bonchev–Trinajstić information content (AvgIpc) is 2.28. The Bertz CT molecular complexity index is 626. The summed E-state index contributed by atoms with van der Waals surface area (Å²) in [4.78, 5) is 7.59. The van der Waals surface area contributed by atoms with Crippen LogP contribution in [0.5, 0.6) is 0 Å². The first kappa shape index (κ1) is 10.9. The highest BCUT2D eigenvalue weighted by Crippen LogP contribution is 2.17. The van der Waals surface area contributed by atoms with E-state index in [2.05, 4.69) is 9.97 Å². The molecule has 8 heteroatoms. The topological polar surface area (TPSA) is 104 Å². The lowest BCUT2D eigenvalue weighted by atomic mass is 10.3. The number of fused-ring (bicyclic) bond motifs is 1. The molecule has 0 aliphatic carbocycles. The third kappa shape index (κ3) is 1.74. The first-order valence-electron chi connectivity index (χ1n) is 4.16. The molecule has 1 heterocycles. The molecule has 0 spiro atoms. The van der Waals surface area contributed by atoms with Gasteiger partial charge in [-0.25, -0.2) is 8.42 Å². The summed E-state index contributed by atoms with van der Waals surface area (Å²) in [6.45, 7) is 0. The van der Waals surface area contributed by atoms with Crippen LogP contribution in [-0.2, 0) is 10.0 Å². The zero-order valence-electron chi connectivity index (χ0n) is 7.85. The molecule has 0 fully saturated rings. The lowest BCUT2D eigenvalue weighted by molar-refractivity contribution is -0.226. The van der Waals surface area contributed by atoms with E-state index in [-0.39, 0.29) is 4.90 Å². The van der Waals surface area contributed by atoms with E-state index in [4.69, 9.17) is 10.4 Å². The molecular formula is C8H7N3O4S. The second-order valence-corrected chi connectivity index (χ2v) is 4.68. The molecule has 1 aromatic carbocycles. The van der Waals surface area contributed by atoms with Crippen molar-refractivity contribution in [1.82, 2.24) is 14.6 Å².